The molecule has 0 amide bonds. The topological polar surface area (TPSA) is 34.9 Å². The molecule has 0 fully saturated rings. The summed E-state index contributed by atoms with van der Waals surface area (Å²) in [5.41, 5.74) is 1.19. The Morgan fingerprint density at radius 2 is 1.62 bits per heavy atom. The lowest BCUT2D eigenvalue weighted by Crippen LogP contribution is -2.24. The first-order valence-corrected chi connectivity index (χ1v) is 9.80. The predicted octanol–water partition coefficient (Wildman–Crippen LogP) is 5.15. The Bertz CT molecular complexity index is 1240. The summed E-state index contributed by atoms with van der Waals surface area (Å²) in [4.78, 5) is 17.6. The second-order valence-corrected chi connectivity index (χ2v) is 7.40. The van der Waals surface area contributed by atoms with Gasteiger partial charge in [0.05, 0.1) is 17.4 Å². The summed E-state index contributed by atoms with van der Waals surface area (Å²) in [7, 11) is 0. The number of benzene rings is 3. The minimum absolute atomic E-state index is 0.109. The zero-order valence-electron chi connectivity index (χ0n) is 15.1. The summed E-state index contributed by atoms with van der Waals surface area (Å²) in [6.45, 7) is 0.185. The van der Waals surface area contributed by atoms with Crippen LogP contribution in [0.4, 0.5) is 13.2 Å². The largest absolute Gasteiger partial charge is 0.283 e. The molecule has 0 saturated heterocycles. The highest BCUT2D eigenvalue weighted by Gasteiger charge is 2.14. The van der Waals surface area contributed by atoms with Crippen LogP contribution < -0.4 is 5.56 Å². The fourth-order valence-corrected chi connectivity index (χ4v) is 3.94. The van der Waals surface area contributed by atoms with Crippen molar-refractivity contribution < 1.29 is 13.2 Å². The van der Waals surface area contributed by atoms with Gasteiger partial charge >= 0.3 is 0 Å². The number of hydrogen-bond acceptors (Lipinski definition) is 3. The summed E-state index contributed by atoms with van der Waals surface area (Å²) in [6, 6.07) is 16.0. The van der Waals surface area contributed by atoms with E-state index in [0.29, 0.717) is 16.1 Å². The van der Waals surface area contributed by atoms with Crippen LogP contribution in [-0.2, 0) is 12.3 Å². The minimum Gasteiger partial charge on any atom is -0.283 e. The van der Waals surface area contributed by atoms with E-state index in [-0.39, 0.29) is 29.2 Å². The summed E-state index contributed by atoms with van der Waals surface area (Å²) < 4.78 is 42.1. The third-order valence-electron chi connectivity index (χ3n) is 4.45. The van der Waals surface area contributed by atoms with Crippen molar-refractivity contribution in [1.82, 2.24) is 9.55 Å². The summed E-state index contributed by atoms with van der Waals surface area (Å²) in [5.74, 6) is -1.31. The molecule has 0 spiro atoms. The van der Waals surface area contributed by atoms with Crippen LogP contribution in [0, 0.1) is 17.5 Å². The zero-order valence-corrected chi connectivity index (χ0v) is 15.9. The van der Waals surface area contributed by atoms with Gasteiger partial charge in [0.2, 0.25) is 0 Å². The number of rotatable bonds is 5. The first-order chi connectivity index (χ1) is 14.0. The molecule has 1 heterocycles. The third kappa shape index (κ3) is 4.19. The van der Waals surface area contributed by atoms with Crippen molar-refractivity contribution in [2.75, 3.05) is 0 Å². The van der Waals surface area contributed by atoms with Crippen LogP contribution >= 0.6 is 11.8 Å². The number of aromatic nitrogens is 2. The Morgan fingerprint density at radius 3 is 2.41 bits per heavy atom. The number of hydrogen-bond donors (Lipinski definition) is 0. The molecular formula is C22H15F3N2OS. The molecule has 1 aromatic heterocycles. The van der Waals surface area contributed by atoms with Crippen LogP contribution in [0.25, 0.3) is 10.9 Å². The van der Waals surface area contributed by atoms with Crippen LogP contribution in [0.1, 0.15) is 11.1 Å². The molecule has 0 unspecified atom stereocenters. The van der Waals surface area contributed by atoms with Crippen LogP contribution in [-0.4, -0.2) is 9.55 Å². The molecule has 3 aromatic carbocycles. The van der Waals surface area contributed by atoms with Gasteiger partial charge in [-0.1, -0.05) is 36.0 Å². The highest BCUT2D eigenvalue weighted by Crippen LogP contribution is 2.24. The lowest BCUT2D eigenvalue weighted by Gasteiger charge is -2.13. The van der Waals surface area contributed by atoms with Gasteiger partial charge in [0.1, 0.15) is 17.5 Å². The van der Waals surface area contributed by atoms with Gasteiger partial charge in [-0.3, -0.25) is 9.36 Å². The fourth-order valence-electron chi connectivity index (χ4n) is 2.97. The van der Waals surface area contributed by atoms with Crippen LogP contribution in [0.3, 0.4) is 0 Å². The number of thioether (sulfide) groups is 1. The first kappa shape index (κ1) is 19.3. The maximum Gasteiger partial charge on any atom is 0.262 e. The molecule has 7 heteroatoms. The Hall–Kier alpha value is -3.06. The van der Waals surface area contributed by atoms with Crippen molar-refractivity contribution in [2.24, 2.45) is 0 Å². The van der Waals surface area contributed by atoms with Gasteiger partial charge in [-0.05, 0) is 48.0 Å². The molecule has 0 saturated carbocycles. The second kappa shape index (κ2) is 8.13. The molecule has 0 bridgehead atoms. The Balaban J connectivity index is 1.75. The minimum atomic E-state index is -0.530. The molecule has 0 aliphatic carbocycles. The Morgan fingerprint density at radius 1 is 0.897 bits per heavy atom. The van der Waals surface area contributed by atoms with Crippen molar-refractivity contribution in [3.05, 3.63) is 106 Å². The van der Waals surface area contributed by atoms with E-state index in [1.807, 2.05) is 0 Å². The molecule has 0 N–H and O–H groups in total. The highest BCUT2D eigenvalue weighted by molar-refractivity contribution is 7.98. The zero-order chi connectivity index (χ0) is 20.4. The van der Waals surface area contributed by atoms with E-state index in [1.54, 1.807) is 36.4 Å². The lowest BCUT2D eigenvalue weighted by molar-refractivity contribution is 0.591. The van der Waals surface area contributed by atoms with E-state index >= 15 is 0 Å². The number of para-hydroxylation sites is 1. The lowest BCUT2D eigenvalue weighted by atomic mass is 10.2. The van der Waals surface area contributed by atoms with E-state index in [9.17, 15) is 18.0 Å². The Labute approximate surface area is 168 Å². The molecule has 0 aliphatic rings. The van der Waals surface area contributed by atoms with Crippen molar-refractivity contribution in [1.29, 1.82) is 0 Å². The van der Waals surface area contributed by atoms with Crippen LogP contribution in [0.5, 0.6) is 0 Å². The van der Waals surface area contributed by atoms with Crippen molar-refractivity contribution in [2.45, 2.75) is 17.5 Å². The SMILES string of the molecule is O=c1c2ccccc2nc(SCc2cc(F)ccc2F)n1Cc1ccc(F)cc1. The maximum atomic E-state index is 14.0. The molecule has 29 heavy (non-hydrogen) atoms. The monoisotopic (exact) mass is 412 g/mol. The van der Waals surface area contributed by atoms with Crippen molar-refractivity contribution >= 4 is 22.7 Å². The van der Waals surface area contributed by atoms with Gasteiger partial charge in [-0.15, -0.1) is 0 Å². The summed E-state index contributed by atoms with van der Waals surface area (Å²) in [5, 5.41) is 0.831. The average Bonchev–Trinajstić information content (AvgIpc) is 2.72. The molecule has 4 aromatic rings. The molecule has 0 atom stereocenters. The highest BCUT2D eigenvalue weighted by atomic mass is 32.2. The van der Waals surface area contributed by atoms with Gasteiger partial charge in [-0.25, -0.2) is 18.2 Å². The van der Waals surface area contributed by atoms with Crippen molar-refractivity contribution in [3.63, 3.8) is 0 Å². The van der Waals surface area contributed by atoms with E-state index in [2.05, 4.69) is 4.98 Å². The summed E-state index contributed by atoms with van der Waals surface area (Å²) >= 11 is 1.15. The predicted molar refractivity (Wildman–Crippen MR) is 107 cm³/mol. The van der Waals surface area contributed by atoms with Gasteiger partial charge in [0, 0.05) is 11.3 Å². The van der Waals surface area contributed by atoms with E-state index in [4.69, 9.17) is 0 Å². The quantitative estimate of drug-likeness (QED) is 0.336. The maximum absolute atomic E-state index is 14.0. The van der Waals surface area contributed by atoms with E-state index in [0.717, 1.165) is 35.5 Å². The first-order valence-electron chi connectivity index (χ1n) is 8.82. The number of halogens is 3. The standard InChI is InChI=1S/C22H15F3N2OS/c23-16-7-5-14(6-8-16)12-27-21(28)18-3-1-2-4-20(18)26-22(27)29-13-15-11-17(24)9-10-19(15)25/h1-11H,12-13H2. The molecule has 0 aliphatic heterocycles. The number of fused-ring (bicyclic) bond motifs is 1. The number of nitrogens with zero attached hydrogens (tertiary/aromatic N) is 2. The fraction of sp³-hybridized carbons (Fsp3) is 0.0909. The van der Waals surface area contributed by atoms with Gasteiger partial charge < -0.3 is 0 Å². The average molecular weight is 412 g/mol. The van der Waals surface area contributed by atoms with Gasteiger partial charge in [0.25, 0.3) is 5.56 Å². The van der Waals surface area contributed by atoms with E-state index < -0.39 is 11.6 Å². The summed E-state index contributed by atoms with van der Waals surface area (Å²) in [6.07, 6.45) is 0. The normalized spacial score (nSPS) is 11.1. The molecule has 0 radical (unpaired) electrons. The Kier molecular flexibility index (Phi) is 5.40. The molecule has 4 rings (SSSR count). The van der Waals surface area contributed by atoms with Crippen molar-refractivity contribution in [3.8, 4) is 0 Å². The van der Waals surface area contributed by atoms with Crippen LogP contribution in [0.15, 0.2) is 76.7 Å². The van der Waals surface area contributed by atoms with E-state index in [1.165, 1.54) is 16.7 Å². The molecular weight excluding hydrogens is 397 g/mol. The van der Waals surface area contributed by atoms with Crippen LogP contribution in [0.2, 0.25) is 0 Å². The smallest absolute Gasteiger partial charge is 0.262 e. The molecule has 146 valence electrons. The third-order valence-corrected chi connectivity index (χ3v) is 5.47. The van der Waals surface area contributed by atoms with Gasteiger partial charge in [0.15, 0.2) is 5.16 Å². The van der Waals surface area contributed by atoms with Gasteiger partial charge in [-0.2, -0.15) is 0 Å². The molecule has 3 nitrogen and oxygen atoms in total. The second-order valence-electron chi connectivity index (χ2n) is 6.45.